The summed E-state index contributed by atoms with van der Waals surface area (Å²) in [5.41, 5.74) is 0.336. The van der Waals surface area contributed by atoms with E-state index in [1.54, 1.807) is 0 Å². The molecule has 0 aromatic heterocycles. The molecule has 1 unspecified atom stereocenters. The van der Waals surface area contributed by atoms with Crippen LogP contribution in [0.4, 0.5) is 4.39 Å². The minimum absolute atomic E-state index is 0.0254. The Balaban J connectivity index is 3.23. The Bertz CT molecular complexity index is 476. The second-order valence-electron chi connectivity index (χ2n) is 3.59. The Morgan fingerprint density at radius 1 is 1.47 bits per heavy atom. The van der Waals surface area contributed by atoms with E-state index in [0.717, 1.165) is 6.07 Å². The quantitative estimate of drug-likeness (QED) is 0.873. The van der Waals surface area contributed by atoms with E-state index in [4.69, 9.17) is 16.7 Å². The number of halogens is 2. The first kappa shape index (κ1) is 13.4. The van der Waals surface area contributed by atoms with E-state index in [1.807, 2.05) is 0 Å². The van der Waals surface area contributed by atoms with Crippen molar-refractivity contribution in [1.82, 2.24) is 5.32 Å². The highest BCUT2D eigenvalue weighted by Crippen LogP contribution is 2.26. The normalized spacial score (nSPS) is 12.0. The summed E-state index contributed by atoms with van der Waals surface area (Å²) >= 11 is 5.84. The van der Waals surface area contributed by atoms with Gasteiger partial charge in [-0.25, -0.2) is 9.18 Å². The molecular weight excluding hydrogens is 249 g/mol. The number of aliphatic carboxylic acids is 1. The average molecular weight is 260 g/mol. The summed E-state index contributed by atoms with van der Waals surface area (Å²) in [5.74, 6) is -2.40. The second kappa shape index (κ2) is 5.14. The summed E-state index contributed by atoms with van der Waals surface area (Å²) in [6, 6.07) is 0.992. The van der Waals surface area contributed by atoms with Crippen LogP contribution in [-0.2, 0) is 9.59 Å². The molecule has 2 N–H and O–H groups in total. The largest absolute Gasteiger partial charge is 0.479 e. The predicted molar refractivity (Wildman–Crippen MR) is 60.3 cm³/mol. The first-order valence-electron chi connectivity index (χ1n) is 4.78. The molecule has 1 atom stereocenters. The van der Waals surface area contributed by atoms with Crippen molar-refractivity contribution in [2.24, 2.45) is 0 Å². The molecule has 0 heterocycles. The molecular formula is C11H11ClFNO3. The van der Waals surface area contributed by atoms with Crippen LogP contribution in [0.2, 0.25) is 5.02 Å². The number of hydrogen-bond donors (Lipinski definition) is 2. The van der Waals surface area contributed by atoms with Crippen LogP contribution in [0.3, 0.4) is 0 Å². The molecule has 0 saturated carbocycles. The molecule has 0 bridgehead atoms. The van der Waals surface area contributed by atoms with Crippen LogP contribution < -0.4 is 5.32 Å². The maximum atomic E-state index is 13.4. The summed E-state index contributed by atoms with van der Waals surface area (Å²) < 4.78 is 13.4. The third kappa shape index (κ3) is 3.17. The lowest BCUT2D eigenvalue weighted by Crippen LogP contribution is -2.32. The highest BCUT2D eigenvalue weighted by atomic mass is 35.5. The highest BCUT2D eigenvalue weighted by Gasteiger charge is 2.24. The molecule has 4 nitrogen and oxygen atoms in total. The van der Waals surface area contributed by atoms with Crippen molar-refractivity contribution < 1.29 is 19.1 Å². The third-order valence-corrected chi connectivity index (χ3v) is 2.51. The third-order valence-electron chi connectivity index (χ3n) is 2.18. The number of rotatable bonds is 3. The SMILES string of the molecule is CC(=O)NC(C(=O)O)c1cc(F)c(C)cc1Cl. The van der Waals surface area contributed by atoms with Crippen molar-refractivity contribution in [3.63, 3.8) is 0 Å². The predicted octanol–water partition coefficient (Wildman–Crippen LogP) is 2.05. The number of carboxylic acids is 1. The van der Waals surface area contributed by atoms with Crippen LogP contribution in [0.5, 0.6) is 0 Å². The number of carboxylic acid groups (broad SMARTS) is 1. The van der Waals surface area contributed by atoms with Gasteiger partial charge in [0.25, 0.3) is 0 Å². The standard InChI is InChI=1S/C11H11ClFNO3/c1-5-3-8(12)7(4-9(5)13)10(11(16)17)14-6(2)15/h3-4,10H,1-2H3,(H,14,15)(H,16,17). The van der Waals surface area contributed by atoms with E-state index < -0.39 is 23.7 Å². The molecule has 0 radical (unpaired) electrons. The Kier molecular flexibility index (Phi) is 4.07. The number of benzene rings is 1. The van der Waals surface area contributed by atoms with Gasteiger partial charge in [-0.05, 0) is 24.6 Å². The van der Waals surface area contributed by atoms with Gasteiger partial charge in [-0.1, -0.05) is 11.6 Å². The molecule has 6 heteroatoms. The van der Waals surface area contributed by atoms with Gasteiger partial charge in [0, 0.05) is 17.5 Å². The lowest BCUT2D eigenvalue weighted by Gasteiger charge is -2.15. The van der Waals surface area contributed by atoms with E-state index in [2.05, 4.69) is 5.32 Å². The summed E-state index contributed by atoms with van der Waals surface area (Å²) in [5, 5.41) is 11.3. The van der Waals surface area contributed by atoms with Crippen molar-refractivity contribution in [2.75, 3.05) is 0 Å². The minimum Gasteiger partial charge on any atom is -0.479 e. The number of nitrogens with one attached hydrogen (secondary N) is 1. The zero-order valence-electron chi connectivity index (χ0n) is 9.25. The molecule has 17 heavy (non-hydrogen) atoms. The first-order chi connectivity index (χ1) is 7.82. The van der Waals surface area contributed by atoms with Gasteiger partial charge in [0.1, 0.15) is 5.82 Å². The summed E-state index contributed by atoms with van der Waals surface area (Å²) in [7, 11) is 0. The Morgan fingerprint density at radius 2 is 2.06 bits per heavy atom. The monoisotopic (exact) mass is 259 g/mol. The van der Waals surface area contributed by atoms with Gasteiger partial charge in [0.15, 0.2) is 6.04 Å². The van der Waals surface area contributed by atoms with Gasteiger partial charge in [-0.15, -0.1) is 0 Å². The van der Waals surface area contributed by atoms with Crippen molar-refractivity contribution in [3.05, 3.63) is 34.1 Å². The maximum Gasteiger partial charge on any atom is 0.330 e. The summed E-state index contributed by atoms with van der Waals surface area (Å²) in [6.07, 6.45) is 0. The molecule has 0 aliphatic heterocycles. The van der Waals surface area contributed by atoms with Crippen LogP contribution >= 0.6 is 11.6 Å². The second-order valence-corrected chi connectivity index (χ2v) is 4.00. The molecule has 0 spiro atoms. The zero-order valence-corrected chi connectivity index (χ0v) is 10.0. The lowest BCUT2D eigenvalue weighted by molar-refractivity contribution is -0.141. The zero-order chi connectivity index (χ0) is 13.2. The molecule has 0 aliphatic rings. The maximum absolute atomic E-state index is 13.4. The van der Waals surface area contributed by atoms with Gasteiger partial charge in [-0.3, -0.25) is 4.79 Å². The van der Waals surface area contributed by atoms with E-state index in [0.29, 0.717) is 5.56 Å². The van der Waals surface area contributed by atoms with E-state index >= 15 is 0 Å². The first-order valence-corrected chi connectivity index (χ1v) is 5.16. The van der Waals surface area contributed by atoms with E-state index in [-0.39, 0.29) is 10.6 Å². The molecule has 1 amide bonds. The number of aryl methyl sites for hydroxylation is 1. The summed E-state index contributed by atoms with van der Waals surface area (Å²) in [4.78, 5) is 21.9. The smallest absolute Gasteiger partial charge is 0.330 e. The Hall–Kier alpha value is -1.62. The van der Waals surface area contributed by atoms with Gasteiger partial charge < -0.3 is 10.4 Å². The molecule has 1 aromatic carbocycles. The van der Waals surface area contributed by atoms with E-state index in [1.165, 1.54) is 19.9 Å². The van der Waals surface area contributed by atoms with Crippen molar-refractivity contribution in [2.45, 2.75) is 19.9 Å². The van der Waals surface area contributed by atoms with Crippen LogP contribution in [0.25, 0.3) is 0 Å². The van der Waals surface area contributed by atoms with Gasteiger partial charge in [0.05, 0.1) is 0 Å². The van der Waals surface area contributed by atoms with Crippen LogP contribution in [-0.4, -0.2) is 17.0 Å². The molecule has 92 valence electrons. The molecule has 1 aromatic rings. The van der Waals surface area contributed by atoms with Crippen molar-refractivity contribution in [3.8, 4) is 0 Å². The minimum atomic E-state index is -1.35. The Labute approximate surface area is 102 Å². The molecule has 0 fully saturated rings. The van der Waals surface area contributed by atoms with Crippen LogP contribution in [0.15, 0.2) is 12.1 Å². The fourth-order valence-electron chi connectivity index (χ4n) is 1.36. The molecule has 0 saturated heterocycles. The van der Waals surface area contributed by atoms with Crippen molar-refractivity contribution >= 4 is 23.5 Å². The summed E-state index contributed by atoms with van der Waals surface area (Å²) in [6.45, 7) is 2.69. The fourth-order valence-corrected chi connectivity index (χ4v) is 1.69. The fraction of sp³-hybridized carbons (Fsp3) is 0.273. The molecule has 1 rings (SSSR count). The van der Waals surface area contributed by atoms with Crippen molar-refractivity contribution in [1.29, 1.82) is 0 Å². The van der Waals surface area contributed by atoms with Gasteiger partial charge >= 0.3 is 5.97 Å². The number of hydrogen-bond acceptors (Lipinski definition) is 2. The average Bonchev–Trinajstić information content (AvgIpc) is 2.20. The number of carbonyl (C=O) groups is 2. The van der Waals surface area contributed by atoms with Gasteiger partial charge in [0.2, 0.25) is 5.91 Å². The Morgan fingerprint density at radius 3 is 2.53 bits per heavy atom. The van der Waals surface area contributed by atoms with Crippen LogP contribution in [0, 0.1) is 12.7 Å². The molecule has 0 aliphatic carbocycles. The highest BCUT2D eigenvalue weighted by molar-refractivity contribution is 6.31. The number of carbonyl (C=O) groups excluding carboxylic acids is 1. The van der Waals surface area contributed by atoms with E-state index in [9.17, 15) is 14.0 Å². The van der Waals surface area contributed by atoms with Gasteiger partial charge in [-0.2, -0.15) is 0 Å². The lowest BCUT2D eigenvalue weighted by atomic mass is 10.0. The van der Waals surface area contributed by atoms with Crippen LogP contribution in [0.1, 0.15) is 24.1 Å². The number of amides is 1. The topological polar surface area (TPSA) is 66.4 Å².